The number of nitrogens with zero attached hydrogens (tertiary/aromatic N) is 2. The number of ketones is 1. The molecule has 1 atom stereocenters. The summed E-state index contributed by atoms with van der Waals surface area (Å²) in [5, 5.41) is 12.1. The predicted octanol–water partition coefficient (Wildman–Crippen LogP) is 4.59. The van der Waals surface area contributed by atoms with Gasteiger partial charge in [-0.1, -0.05) is 30.3 Å². The molecule has 1 fully saturated rings. The van der Waals surface area contributed by atoms with E-state index in [9.17, 15) is 14.7 Å². The number of aliphatic hydroxyl groups excluding tert-OH is 1. The highest BCUT2D eigenvalue weighted by Crippen LogP contribution is 2.42. The molecule has 3 heterocycles. The molecule has 2 aromatic heterocycles. The number of carbonyl (C=O) groups is 2. The lowest BCUT2D eigenvalue weighted by Gasteiger charge is -2.25. The van der Waals surface area contributed by atoms with Gasteiger partial charge in [0.15, 0.2) is 0 Å². The summed E-state index contributed by atoms with van der Waals surface area (Å²) in [5.74, 6) is -1.17. The van der Waals surface area contributed by atoms with Gasteiger partial charge in [0, 0.05) is 40.6 Å². The van der Waals surface area contributed by atoms with Crippen molar-refractivity contribution in [3.05, 3.63) is 96.0 Å². The van der Waals surface area contributed by atoms with E-state index < -0.39 is 17.7 Å². The lowest BCUT2D eigenvalue weighted by atomic mass is 9.98. The first-order valence-corrected chi connectivity index (χ1v) is 10.6. The fraction of sp³-hybridized carbons (Fsp3) is 0.115. The van der Waals surface area contributed by atoms with E-state index in [2.05, 4.69) is 9.97 Å². The van der Waals surface area contributed by atoms with Crippen molar-refractivity contribution >= 4 is 34.0 Å². The first kappa shape index (κ1) is 20.5. The second-order valence-electron chi connectivity index (χ2n) is 7.60. The number of amides is 1. The zero-order valence-corrected chi connectivity index (χ0v) is 17.9. The summed E-state index contributed by atoms with van der Waals surface area (Å²) in [5.41, 5.74) is 2.21. The molecular weight excluding hydrogens is 418 g/mol. The number of carbonyl (C=O) groups excluding carboxylic acids is 2. The molecule has 1 unspecified atom stereocenters. The average Bonchev–Trinajstić information content (AvgIpc) is 3.39. The number of aromatic amines is 1. The van der Waals surface area contributed by atoms with Gasteiger partial charge in [-0.25, -0.2) is 0 Å². The third kappa shape index (κ3) is 3.43. The monoisotopic (exact) mass is 439 g/mol. The van der Waals surface area contributed by atoms with Crippen molar-refractivity contribution in [2.24, 2.45) is 0 Å². The standard InChI is InChI=1S/C26H21N3O4/c1-2-33-17-9-7-8-16(14-17)29-23(21-12-5-6-13-27-21)22(25(31)26(29)32)24(30)19-15-28-20-11-4-3-10-18(19)20/h3-15,23,28,30H,2H2,1H3/b24-22-. The topological polar surface area (TPSA) is 95.5 Å². The molecule has 7 nitrogen and oxygen atoms in total. The molecule has 33 heavy (non-hydrogen) atoms. The summed E-state index contributed by atoms with van der Waals surface area (Å²) in [7, 11) is 0. The van der Waals surface area contributed by atoms with E-state index >= 15 is 0 Å². The van der Waals surface area contributed by atoms with Crippen LogP contribution in [0.4, 0.5) is 5.69 Å². The molecule has 0 radical (unpaired) electrons. The molecule has 4 aromatic rings. The molecule has 1 aliphatic rings. The van der Waals surface area contributed by atoms with E-state index in [4.69, 9.17) is 4.74 Å². The Morgan fingerprint density at radius 1 is 1.09 bits per heavy atom. The number of aromatic nitrogens is 2. The third-order valence-corrected chi connectivity index (χ3v) is 5.66. The number of Topliss-reactive ketones (excluding diaryl/α,β-unsaturated/α-hetero) is 1. The van der Waals surface area contributed by atoms with Gasteiger partial charge in [0.25, 0.3) is 11.7 Å². The molecule has 1 saturated heterocycles. The molecule has 1 aliphatic heterocycles. The molecule has 164 valence electrons. The summed E-state index contributed by atoms with van der Waals surface area (Å²) in [6, 6.07) is 18.8. The summed E-state index contributed by atoms with van der Waals surface area (Å²) < 4.78 is 5.59. The Bertz CT molecular complexity index is 1390. The number of anilines is 1. The van der Waals surface area contributed by atoms with Gasteiger partial charge in [0.05, 0.1) is 17.9 Å². The largest absolute Gasteiger partial charge is 0.507 e. The third-order valence-electron chi connectivity index (χ3n) is 5.66. The number of para-hydroxylation sites is 1. The number of rotatable bonds is 5. The quantitative estimate of drug-likeness (QED) is 0.269. The van der Waals surface area contributed by atoms with Gasteiger partial charge in [-0.2, -0.15) is 0 Å². The van der Waals surface area contributed by atoms with E-state index in [-0.39, 0.29) is 11.3 Å². The maximum absolute atomic E-state index is 13.3. The maximum atomic E-state index is 13.3. The van der Waals surface area contributed by atoms with Crippen LogP contribution < -0.4 is 9.64 Å². The molecule has 1 amide bonds. The maximum Gasteiger partial charge on any atom is 0.300 e. The molecule has 7 heteroatoms. The van der Waals surface area contributed by atoms with Crippen LogP contribution in [-0.2, 0) is 9.59 Å². The van der Waals surface area contributed by atoms with E-state index in [1.807, 2.05) is 31.2 Å². The van der Waals surface area contributed by atoms with Crippen LogP contribution in [0.25, 0.3) is 16.7 Å². The molecule has 0 aliphatic carbocycles. The number of fused-ring (bicyclic) bond motifs is 1. The van der Waals surface area contributed by atoms with Gasteiger partial charge in [-0.15, -0.1) is 0 Å². The van der Waals surface area contributed by atoms with Crippen LogP contribution >= 0.6 is 0 Å². The Morgan fingerprint density at radius 2 is 1.91 bits per heavy atom. The van der Waals surface area contributed by atoms with Crippen molar-refractivity contribution in [1.82, 2.24) is 9.97 Å². The smallest absolute Gasteiger partial charge is 0.300 e. The second kappa shape index (κ2) is 8.27. The van der Waals surface area contributed by atoms with Crippen LogP contribution in [0.15, 0.2) is 84.7 Å². The highest BCUT2D eigenvalue weighted by molar-refractivity contribution is 6.51. The van der Waals surface area contributed by atoms with E-state index in [0.29, 0.717) is 29.3 Å². The predicted molar refractivity (Wildman–Crippen MR) is 125 cm³/mol. The molecule has 0 saturated carbocycles. The molecule has 2 N–H and O–H groups in total. The highest BCUT2D eigenvalue weighted by atomic mass is 16.5. The minimum absolute atomic E-state index is 0.00901. The second-order valence-corrected chi connectivity index (χ2v) is 7.60. The molecule has 0 spiro atoms. The van der Waals surface area contributed by atoms with Gasteiger partial charge in [-0.3, -0.25) is 19.5 Å². The van der Waals surface area contributed by atoms with Gasteiger partial charge in [-0.05, 0) is 37.3 Å². The van der Waals surface area contributed by atoms with Crippen LogP contribution in [0.3, 0.4) is 0 Å². The summed E-state index contributed by atoms with van der Waals surface area (Å²) in [6.07, 6.45) is 3.23. The number of ether oxygens (including phenoxy) is 1. The van der Waals surface area contributed by atoms with Crippen LogP contribution in [0.5, 0.6) is 5.75 Å². The van der Waals surface area contributed by atoms with Crippen LogP contribution in [0, 0.1) is 0 Å². The number of hydrogen-bond acceptors (Lipinski definition) is 5. The fourth-order valence-corrected chi connectivity index (χ4v) is 4.22. The highest BCUT2D eigenvalue weighted by Gasteiger charge is 2.47. The zero-order valence-electron chi connectivity index (χ0n) is 17.9. The van der Waals surface area contributed by atoms with Gasteiger partial charge in [0.1, 0.15) is 17.6 Å². The fourth-order valence-electron chi connectivity index (χ4n) is 4.22. The van der Waals surface area contributed by atoms with Crippen LogP contribution in [0.1, 0.15) is 24.2 Å². The summed E-state index contributed by atoms with van der Waals surface area (Å²) in [4.78, 5) is 35.4. The van der Waals surface area contributed by atoms with Crippen molar-refractivity contribution in [2.75, 3.05) is 11.5 Å². The Balaban J connectivity index is 1.72. The van der Waals surface area contributed by atoms with Crippen molar-refractivity contribution in [3.8, 4) is 5.75 Å². The minimum atomic E-state index is -0.892. The molecular formula is C26H21N3O4. The van der Waals surface area contributed by atoms with Crippen molar-refractivity contribution in [1.29, 1.82) is 0 Å². The van der Waals surface area contributed by atoms with Gasteiger partial charge < -0.3 is 14.8 Å². The first-order chi connectivity index (χ1) is 16.1. The Hall–Kier alpha value is -4.39. The zero-order chi connectivity index (χ0) is 22.9. The lowest BCUT2D eigenvalue weighted by molar-refractivity contribution is -0.132. The van der Waals surface area contributed by atoms with Crippen molar-refractivity contribution in [3.63, 3.8) is 0 Å². The minimum Gasteiger partial charge on any atom is -0.507 e. The number of pyridine rings is 1. The summed E-state index contributed by atoms with van der Waals surface area (Å²) in [6.45, 7) is 2.33. The number of benzene rings is 2. The first-order valence-electron chi connectivity index (χ1n) is 10.6. The Kier molecular flexibility index (Phi) is 5.14. The summed E-state index contributed by atoms with van der Waals surface area (Å²) >= 11 is 0. The normalized spacial score (nSPS) is 17.6. The van der Waals surface area contributed by atoms with Crippen LogP contribution in [0.2, 0.25) is 0 Å². The number of H-pyrrole nitrogens is 1. The molecule has 2 aromatic carbocycles. The van der Waals surface area contributed by atoms with E-state index in [1.54, 1.807) is 54.9 Å². The average molecular weight is 439 g/mol. The molecule has 5 rings (SSSR count). The van der Waals surface area contributed by atoms with Gasteiger partial charge >= 0.3 is 0 Å². The lowest BCUT2D eigenvalue weighted by Crippen LogP contribution is -2.29. The Morgan fingerprint density at radius 3 is 2.70 bits per heavy atom. The molecule has 0 bridgehead atoms. The van der Waals surface area contributed by atoms with Crippen molar-refractivity contribution < 1.29 is 19.4 Å². The van der Waals surface area contributed by atoms with E-state index in [1.165, 1.54) is 4.90 Å². The van der Waals surface area contributed by atoms with Crippen LogP contribution in [-0.4, -0.2) is 33.4 Å². The van der Waals surface area contributed by atoms with Gasteiger partial charge in [0.2, 0.25) is 0 Å². The van der Waals surface area contributed by atoms with E-state index in [0.717, 1.165) is 10.9 Å². The van der Waals surface area contributed by atoms with Crippen molar-refractivity contribution in [2.45, 2.75) is 13.0 Å². The number of hydrogen-bond donors (Lipinski definition) is 2. The SMILES string of the molecule is CCOc1cccc(N2C(=O)C(=O)/C(=C(\O)c3c[nH]c4ccccc34)C2c2ccccn2)c1. The number of aliphatic hydroxyl groups is 1. The Labute approximate surface area is 190 Å². The number of nitrogens with one attached hydrogen (secondary N) is 1.